The van der Waals surface area contributed by atoms with Crippen LogP contribution in [0.3, 0.4) is 0 Å². The van der Waals surface area contributed by atoms with Crippen LogP contribution in [0.2, 0.25) is 0 Å². The van der Waals surface area contributed by atoms with E-state index in [9.17, 15) is 14.4 Å². The Morgan fingerprint density at radius 3 is 2.95 bits per heavy atom. The SMILES string of the molecule is [2H]C([2H])([2H])c1nc2cccc(N)c2c(=O)n1[C@@]1([2H])CCC(=O)CC1=O. The van der Waals surface area contributed by atoms with Gasteiger partial charge in [0.1, 0.15) is 11.6 Å². The van der Waals surface area contributed by atoms with Crippen LogP contribution < -0.4 is 11.3 Å². The number of hydrogen-bond donors (Lipinski definition) is 1. The van der Waals surface area contributed by atoms with Crippen LogP contribution in [-0.2, 0) is 9.59 Å². The molecule has 0 spiro atoms. The molecule has 0 aliphatic heterocycles. The number of carbonyl (C=O) groups is 2. The topological polar surface area (TPSA) is 95.0 Å². The summed E-state index contributed by atoms with van der Waals surface area (Å²) in [5.74, 6) is -1.83. The molecule has 108 valence electrons. The van der Waals surface area contributed by atoms with E-state index < -0.39 is 36.5 Å². The highest BCUT2D eigenvalue weighted by Crippen LogP contribution is 2.24. The van der Waals surface area contributed by atoms with Crippen LogP contribution in [0.25, 0.3) is 10.9 Å². The molecule has 2 aromatic rings. The molecule has 0 bridgehead atoms. The minimum Gasteiger partial charge on any atom is -0.398 e. The number of aromatic nitrogens is 2. The fraction of sp³-hybridized carbons (Fsp3) is 0.333. The maximum atomic E-state index is 13.0. The maximum Gasteiger partial charge on any atom is 0.264 e. The molecule has 1 saturated carbocycles. The quantitative estimate of drug-likeness (QED) is 0.627. The number of benzene rings is 1. The summed E-state index contributed by atoms with van der Waals surface area (Å²) in [4.78, 5) is 40.8. The van der Waals surface area contributed by atoms with E-state index in [1.165, 1.54) is 18.2 Å². The molecule has 1 heterocycles. The largest absolute Gasteiger partial charge is 0.398 e. The number of ketones is 2. The van der Waals surface area contributed by atoms with E-state index in [0.29, 0.717) is 4.57 Å². The lowest BCUT2D eigenvalue weighted by Gasteiger charge is -2.24. The molecule has 0 amide bonds. The lowest BCUT2D eigenvalue weighted by atomic mass is 9.92. The van der Waals surface area contributed by atoms with Crippen LogP contribution in [0.1, 0.15) is 36.6 Å². The Morgan fingerprint density at radius 2 is 2.24 bits per heavy atom. The molecular formula is C15H15N3O3. The molecule has 21 heavy (non-hydrogen) atoms. The predicted molar refractivity (Wildman–Crippen MR) is 78.1 cm³/mol. The Balaban J connectivity index is 2.42. The smallest absolute Gasteiger partial charge is 0.264 e. The normalized spacial score (nSPS) is 26.1. The first-order valence-corrected chi connectivity index (χ1v) is 6.43. The van der Waals surface area contributed by atoms with Crippen molar-refractivity contribution in [3.8, 4) is 0 Å². The predicted octanol–water partition coefficient (Wildman–Crippen LogP) is 1.15. The highest BCUT2D eigenvalue weighted by molar-refractivity contribution is 6.03. The molecule has 6 nitrogen and oxygen atoms in total. The summed E-state index contributed by atoms with van der Waals surface area (Å²) in [6, 6.07) is 2.22. The summed E-state index contributed by atoms with van der Waals surface area (Å²) >= 11 is 0. The average molecular weight is 289 g/mol. The first kappa shape index (κ1) is 9.44. The van der Waals surface area contributed by atoms with Crippen LogP contribution in [0.4, 0.5) is 5.69 Å². The molecule has 0 saturated heterocycles. The third-order valence-electron chi connectivity index (χ3n) is 3.52. The van der Waals surface area contributed by atoms with E-state index in [4.69, 9.17) is 11.2 Å². The first-order chi connectivity index (χ1) is 11.6. The van der Waals surface area contributed by atoms with E-state index in [1.54, 1.807) is 0 Å². The molecule has 0 radical (unpaired) electrons. The number of nitrogen functional groups attached to an aromatic ring is 1. The van der Waals surface area contributed by atoms with Gasteiger partial charge in [0.25, 0.3) is 5.56 Å². The van der Waals surface area contributed by atoms with Crippen LogP contribution >= 0.6 is 0 Å². The molecule has 3 rings (SSSR count). The zero-order valence-electron chi connectivity index (χ0n) is 15.0. The summed E-state index contributed by atoms with van der Waals surface area (Å²) in [6.45, 7) is -2.83. The number of anilines is 1. The minimum atomic E-state index is -2.83. The molecule has 1 fully saturated rings. The standard InChI is InChI=1S/C15H15N3O3/c1-8-17-11-4-2-3-10(16)14(11)15(21)18(8)12-6-5-9(19)7-13(12)20/h2-4,12H,5-7,16H2,1H3/t12-/m0/s1/i1D3,12D. The number of fused-ring (bicyclic) bond motifs is 1. The Hall–Kier alpha value is -2.50. The van der Waals surface area contributed by atoms with Gasteiger partial charge in [0.15, 0.2) is 5.78 Å². The van der Waals surface area contributed by atoms with Crippen molar-refractivity contribution in [1.29, 1.82) is 0 Å². The van der Waals surface area contributed by atoms with Gasteiger partial charge in [-0.1, -0.05) is 6.07 Å². The van der Waals surface area contributed by atoms with Gasteiger partial charge in [-0.25, -0.2) is 4.98 Å². The van der Waals surface area contributed by atoms with Crippen molar-refractivity contribution < 1.29 is 15.1 Å². The third kappa shape index (κ3) is 2.12. The van der Waals surface area contributed by atoms with Crippen molar-refractivity contribution in [3.05, 3.63) is 34.4 Å². The van der Waals surface area contributed by atoms with Crippen LogP contribution in [0.15, 0.2) is 23.0 Å². The van der Waals surface area contributed by atoms with Crippen molar-refractivity contribution in [2.75, 3.05) is 5.73 Å². The van der Waals surface area contributed by atoms with Crippen molar-refractivity contribution >= 4 is 28.2 Å². The monoisotopic (exact) mass is 289 g/mol. The molecule has 1 aromatic carbocycles. The third-order valence-corrected chi connectivity index (χ3v) is 3.52. The van der Waals surface area contributed by atoms with Gasteiger partial charge in [-0.2, -0.15) is 0 Å². The highest BCUT2D eigenvalue weighted by atomic mass is 16.2. The van der Waals surface area contributed by atoms with Crippen LogP contribution in [-0.4, -0.2) is 21.1 Å². The van der Waals surface area contributed by atoms with Crippen LogP contribution in [0.5, 0.6) is 0 Å². The second-order valence-electron chi connectivity index (χ2n) is 4.90. The Labute approximate surface area is 126 Å². The van der Waals surface area contributed by atoms with E-state index in [1.807, 2.05) is 0 Å². The minimum absolute atomic E-state index is 0.0492. The fourth-order valence-corrected chi connectivity index (χ4v) is 2.51. The first-order valence-electron chi connectivity index (χ1n) is 8.43. The number of hydrogen-bond acceptors (Lipinski definition) is 5. The number of rotatable bonds is 1. The number of nitrogens with zero attached hydrogens (tertiary/aromatic N) is 2. The van der Waals surface area contributed by atoms with Gasteiger partial charge in [0.05, 0.1) is 24.7 Å². The summed E-state index contributed by atoms with van der Waals surface area (Å²) in [5.41, 5.74) is 5.10. The Kier molecular flexibility index (Phi) is 2.16. The van der Waals surface area contributed by atoms with Gasteiger partial charge in [0.2, 0.25) is 0 Å². The average Bonchev–Trinajstić information content (AvgIpc) is 2.50. The van der Waals surface area contributed by atoms with E-state index in [0.717, 1.165) is 0 Å². The van der Waals surface area contributed by atoms with E-state index in [2.05, 4.69) is 4.98 Å². The zero-order chi connectivity index (χ0) is 18.6. The summed E-state index contributed by atoms with van der Waals surface area (Å²) in [5, 5.41) is -0.0492. The van der Waals surface area contributed by atoms with Crippen molar-refractivity contribution in [1.82, 2.24) is 9.55 Å². The summed E-state index contributed by atoms with van der Waals surface area (Å²) in [7, 11) is 0. The van der Waals surface area contributed by atoms with Gasteiger partial charge >= 0.3 is 0 Å². The van der Waals surface area contributed by atoms with Gasteiger partial charge < -0.3 is 5.73 Å². The molecular weight excluding hydrogens is 270 g/mol. The molecule has 1 atom stereocenters. The van der Waals surface area contributed by atoms with E-state index in [-0.39, 0.29) is 35.2 Å². The molecule has 0 unspecified atom stereocenters. The number of carbonyl (C=O) groups excluding carboxylic acids is 2. The van der Waals surface area contributed by atoms with Crippen LogP contribution in [0, 0.1) is 6.85 Å². The number of aryl methyl sites for hydroxylation is 1. The lowest BCUT2D eigenvalue weighted by Crippen LogP contribution is -2.36. The zero-order valence-corrected chi connectivity index (χ0v) is 11.0. The summed E-state index contributed by atoms with van der Waals surface area (Å²) in [6.07, 6.45) is -0.892. The molecule has 1 aliphatic carbocycles. The van der Waals surface area contributed by atoms with Gasteiger partial charge in [-0.3, -0.25) is 19.0 Å². The number of nitrogens with two attached hydrogens (primary N) is 1. The van der Waals surface area contributed by atoms with Gasteiger partial charge in [0, 0.05) is 16.2 Å². The van der Waals surface area contributed by atoms with E-state index >= 15 is 0 Å². The Morgan fingerprint density at radius 1 is 1.43 bits per heavy atom. The summed E-state index contributed by atoms with van der Waals surface area (Å²) < 4.78 is 32.1. The molecule has 1 aromatic heterocycles. The highest BCUT2D eigenvalue weighted by Gasteiger charge is 2.30. The maximum absolute atomic E-state index is 13.0. The van der Waals surface area contributed by atoms with Crippen molar-refractivity contribution in [2.24, 2.45) is 0 Å². The number of Topliss-reactive ketones (excluding diaryl/α,β-unsaturated/α-hetero) is 2. The van der Waals surface area contributed by atoms with Gasteiger partial charge in [-0.05, 0) is 25.4 Å². The molecule has 1 aliphatic rings. The second kappa shape index (κ2) is 4.80. The Bertz CT molecular complexity index is 967. The van der Waals surface area contributed by atoms with Crippen molar-refractivity contribution in [3.63, 3.8) is 0 Å². The second-order valence-corrected chi connectivity index (χ2v) is 4.90. The fourth-order valence-electron chi connectivity index (χ4n) is 2.51. The van der Waals surface area contributed by atoms with Crippen molar-refractivity contribution in [2.45, 2.75) is 32.1 Å². The molecule has 2 N–H and O–H groups in total. The lowest BCUT2D eigenvalue weighted by molar-refractivity contribution is -0.132. The van der Waals surface area contributed by atoms with Gasteiger partial charge in [-0.15, -0.1) is 0 Å². The molecule has 6 heteroatoms.